The van der Waals surface area contributed by atoms with Gasteiger partial charge >= 0.3 is 6.09 Å². The van der Waals surface area contributed by atoms with Crippen LogP contribution in [0.15, 0.2) is 42.2 Å². The number of hydrogen-bond donors (Lipinski definition) is 2. The lowest BCUT2D eigenvalue weighted by Crippen LogP contribution is -2.51. The lowest BCUT2D eigenvalue weighted by Gasteiger charge is -2.35. The van der Waals surface area contributed by atoms with E-state index < -0.39 is 47.7 Å². The van der Waals surface area contributed by atoms with Gasteiger partial charge in [0.2, 0.25) is 5.91 Å². The van der Waals surface area contributed by atoms with E-state index in [0.29, 0.717) is 12.9 Å². The Kier molecular flexibility index (Phi) is 6.83. The summed E-state index contributed by atoms with van der Waals surface area (Å²) < 4.78 is 23.7. The first-order chi connectivity index (χ1) is 14.9. The molecule has 2 aliphatic heterocycles. The molecule has 3 rings (SSSR count). The van der Waals surface area contributed by atoms with Gasteiger partial charge in [0.05, 0.1) is 37.1 Å². The Morgan fingerprint density at radius 2 is 1.81 bits per heavy atom. The lowest BCUT2D eigenvalue weighted by molar-refractivity contribution is -0.168. The van der Waals surface area contributed by atoms with E-state index >= 15 is 0 Å². The summed E-state index contributed by atoms with van der Waals surface area (Å²) in [6.45, 7) is 9.14. The first-order valence-electron chi connectivity index (χ1n) is 10.6. The average Bonchev–Trinajstić information content (AvgIpc) is 3.13. The van der Waals surface area contributed by atoms with Crippen molar-refractivity contribution in [3.8, 4) is 0 Å². The van der Waals surface area contributed by atoms with Gasteiger partial charge in [0.15, 0.2) is 5.79 Å². The molecule has 0 aliphatic carbocycles. The third-order valence-corrected chi connectivity index (χ3v) is 5.26. The van der Waals surface area contributed by atoms with E-state index in [2.05, 4.69) is 0 Å². The van der Waals surface area contributed by atoms with Crippen LogP contribution in [0.2, 0.25) is 0 Å². The van der Waals surface area contributed by atoms with E-state index in [9.17, 15) is 14.7 Å². The monoisotopic (exact) mass is 448 g/mol. The standard InChI is InChI=1S/C23H32N2O7/c1-22(2,3)32-21(28)25-16(13-29-12-14-9-7-6-8-10-14)18-19(31-23(4,5)30-18)17(25)15(11-26)20(24)27/h6-11,16-19,26H,12-13H2,1-5H3,(H2,24,27)/b15-11-/t16?,17?,18-,19+/m1/s1. The minimum absolute atomic E-state index is 0.0999. The van der Waals surface area contributed by atoms with Crippen molar-refractivity contribution in [1.29, 1.82) is 0 Å². The second-order valence-electron chi connectivity index (χ2n) is 9.41. The van der Waals surface area contributed by atoms with E-state index in [1.54, 1.807) is 34.6 Å². The molecule has 0 bridgehead atoms. The maximum atomic E-state index is 13.2. The minimum atomic E-state index is -0.996. The Bertz CT molecular complexity index is 863. The number of hydrogen-bond acceptors (Lipinski definition) is 7. The molecule has 2 heterocycles. The highest BCUT2D eigenvalue weighted by Gasteiger charge is 2.61. The summed E-state index contributed by atoms with van der Waals surface area (Å²) in [5.74, 6) is -1.83. The van der Waals surface area contributed by atoms with Gasteiger partial charge in [0.1, 0.15) is 17.8 Å². The number of carbonyl (C=O) groups is 2. The maximum absolute atomic E-state index is 13.2. The van der Waals surface area contributed by atoms with Gasteiger partial charge in [-0.2, -0.15) is 0 Å². The zero-order valence-electron chi connectivity index (χ0n) is 19.1. The van der Waals surface area contributed by atoms with Crippen LogP contribution in [0.25, 0.3) is 0 Å². The van der Waals surface area contributed by atoms with E-state index in [1.807, 2.05) is 30.3 Å². The average molecular weight is 449 g/mol. The molecule has 2 amide bonds. The molecule has 4 atom stereocenters. The molecular formula is C23H32N2O7. The van der Waals surface area contributed by atoms with Crippen LogP contribution in [0.5, 0.6) is 0 Å². The Hall–Kier alpha value is -2.62. The van der Waals surface area contributed by atoms with Gasteiger partial charge in [-0.05, 0) is 40.2 Å². The van der Waals surface area contributed by atoms with Gasteiger partial charge in [-0.15, -0.1) is 0 Å². The van der Waals surface area contributed by atoms with Crippen molar-refractivity contribution in [2.45, 2.75) is 76.9 Å². The van der Waals surface area contributed by atoms with Crippen LogP contribution in [0, 0.1) is 0 Å². The fourth-order valence-electron chi connectivity index (χ4n) is 4.10. The van der Waals surface area contributed by atoms with E-state index in [0.717, 1.165) is 5.56 Å². The molecule has 2 saturated heterocycles. The number of aliphatic hydroxyl groups is 1. The fourth-order valence-corrected chi connectivity index (χ4v) is 4.10. The second kappa shape index (κ2) is 9.09. The van der Waals surface area contributed by atoms with E-state index in [1.165, 1.54) is 4.90 Å². The van der Waals surface area contributed by atoms with E-state index in [-0.39, 0.29) is 12.2 Å². The first kappa shape index (κ1) is 24.0. The van der Waals surface area contributed by atoms with Crippen LogP contribution >= 0.6 is 0 Å². The van der Waals surface area contributed by atoms with Crippen LogP contribution < -0.4 is 5.73 Å². The number of carbonyl (C=O) groups excluding carboxylic acids is 2. The van der Waals surface area contributed by atoms with Crippen molar-refractivity contribution in [2.75, 3.05) is 6.61 Å². The minimum Gasteiger partial charge on any atom is -0.515 e. The maximum Gasteiger partial charge on any atom is 0.411 e. The van der Waals surface area contributed by atoms with Crippen LogP contribution in [0.3, 0.4) is 0 Å². The Morgan fingerprint density at radius 3 is 2.38 bits per heavy atom. The first-order valence-corrected chi connectivity index (χ1v) is 10.6. The topological polar surface area (TPSA) is 121 Å². The largest absolute Gasteiger partial charge is 0.515 e. The molecular weight excluding hydrogens is 416 g/mol. The molecule has 0 saturated carbocycles. The fraction of sp³-hybridized carbons (Fsp3) is 0.565. The summed E-state index contributed by atoms with van der Waals surface area (Å²) in [5.41, 5.74) is 5.53. The highest BCUT2D eigenvalue weighted by molar-refractivity contribution is 5.94. The predicted molar refractivity (Wildman–Crippen MR) is 115 cm³/mol. The summed E-state index contributed by atoms with van der Waals surface area (Å²) in [4.78, 5) is 26.7. The number of rotatable bonds is 6. The molecule has 2 fully saturated rings. The lowest BCUT2D eigenvalue weighted by atomic mass is 10.0. The zero-order chi connectivity index (χ0) is 23.7. The molecule has 176 valence electrons. The molecule has 9 heteroatoms. The highest BCUT2D eigenvalue weighted by Crippen LogP contribution is 2.43. The van der Waals surface area contributed by atoms with Crippen molar-refractivity contribution in [3.05, 3.63) is 47.7 Å². The van der Waals surface area contributed by atoms with Crippen molar-refractivity contribution in [2.24, 2.45) is 5.73 Å². The van der Waals surface area contributed by atoms with Crippen molar-refractivity contribution in [3.63, 3.8) is 0 Å². The SMILES string of the molecule is CC(C)(C)OC(=O)N1C(COCc2ccccc2)[C@H]2OC(C)(C)O[C@H]2C1/C(=C/O)C(N)=O. The number of fused-ring (bicyclic) bond motifs is 1. The van der Waals surface area contributed by atoms with Gasteiger partial charge in [0, 0.05) is 0 Å². The van der Waals surface area contributed by atoms with E-state index in [4.69, 9.17) is 24.7 Å². The number of aliphatic hydroxyl groups excluding tert-OH is 1. The van der Waals surface area contributed by atoms with Gasteiger partial charge in [-0.1, -0.05) is 30.3 Å². The molecule has 9 nitrogen and oxygen atoms in total. The summed E-state index contributed by atoms with van der Waals surface area (Å²) in [6, 6.07) is 7.97. The van der Waals surface area contributed by atoms with Gasteiger partial charge < -0.3 is 29.8 Å². The number of primary amides is 1. The zero-order valence-corrected chi connectivity index (χ0v) is 19.1. The highest BCUT2D eigenvalue weighted by atomic mass is 16.8. The predicted octanol–water partition coefficient (Wildman–Crippen LogP) is 2.64. The quantitative estimate of drug-likeness (QED) is 0.507. The number of amides is 2. The number of nitrogens with two attached hydrogens (primary N) is 1. The molecule has 0 aromatic heterocycles. The molecule has 2 unspecified atom stereocenters. The van der Waals surface area contributed by atoms with Crippen LogP contribution in [-0.2, 0) is 30.3 Å². The third kappa shape index (κ3) is 5.23. The van der Waals surface area contributed by atoms with Gasteiger partial charge in [-0.3, -0.25) is 9.69 Å². The summed E-state index contributed by atoms with van der Waals surface area (Å²) in [5, 5.41) is 9.78. The molecule has 0 radical (unpaired) electrons. The Balaban J connectivity index is 1.93. The number of benzene rings is 1. The number of nitrogens with zero attached hydrogens (tertiary/aromatic N) is 1. The van der Waals surface area contributed by atoms with Crippen molar-refractivity contribution < 1.29 is 33.6 Å². The summed E-state index contributed by atoms with van der Waals surface area (Å²) in [6.07, 6.45) is -1.43. The molecule has 2 aliphatic rings. The number of ether oxygens (including phenoxy) is 4. The van der Waals surface area contributed by atoms with Gasteiger partial charge in [-0.25, -0.2) is 4.79 Å². The third-order valence-electron chi connectivity index (χ3n) is 5.26. The number of likely N-dealkylation sites (tertiary alicyclic amines) is 1. The molecule has 1 aromatic rings. The second-order valence-corrected chi connectivity index (χ2v) is 9.41. The van der Waals surface area contributed by atoms with Crippen LogP contribution in [0.4, 0.5) is 4.79 Å². The smallest absolute Gasteiger partial charge is 0.411 e. The van der Waals surface area contributed by atoms with Crippen molar-refractivity contribution >= 4 is 12.0 Å². The van der Waals surface area contributed by atoms with Gasteiger partial charge in [0.25, 0.3) is 0 Å². The van der Waals surface area contributed by atoms with Crippen LogP contribution in [0.1, 0.15) is 40.2 Å². The molecule has 0 spiro atoms. The molecule has 3 N–H and O–H groups in total. The Labute approximate surface area is 188 Å². The summed E-state index contributed by atoms with van der Waals surface area (Å²) >= 11 is 0. The molecule has 1 aromatic carbocycles. The summed E-state index contributed by atoms with van der Waals surface area (Å²) in [7, 11) is 0. The normalized spacial score (nSPS) is 27.3. The van der Waals surface area contributed by atoms with Crippen molar-refractivity contribution in [1.82, 2.24) is 4.90 Å². The Morgan fingerprint density at radius 1 is 1.19 bits per heavy atom. The van der Waals surface area contributed by atoms with Crippen LogP contribution in [-0.4, -0.2) is 64.3 Å². The molecule has 32 heavy (non-hydrogen) atoms.